The van der Waals surface area contributed by atoms with Gasteiger partial charge < -0.3 is 21.7 Å². The molecule has 0 aromatic rings. The lowest BCUT2D eigenvalue weighted by Crippen LogP contribution is -2.67. The van der Waals surface area contributed by atoms with Crippen molar-refractivity contribution in [2.24, 2.45) is 11.5 Å². The molecule has 2 amide bonds. The molecule has 6 nitrogen and oxygen atoms in total. The van der Waals surface area contributed by atoms with E-state index in [2.05, 4.69) is 13.2 Å². The van der Waals surface area contributed by atoms with Crippen molar-refractivity contribution in [3.05, 3.63) is 25.3 Å². The van der Waals surface area contributed by atoms with Crippen LogP contribution >= 0.6 is 0 Å². The van der Waals surface area contributed by atoms with Gasteiger partial charge in [-0.2, -0.15) is 0 Å². The van der Waals surface area contributed by atoms with Crippen LogP contribution < -0.4 is 11.5 Å². The second kappa shape index (κ2) is 4.91. The highest BCUT2D eigenvalue weighted by molar-refractivity contribution is 5.96. The van der Waals surface area contributed by atoms with Crippen LogP contribution in [-0.4, -0.2) is 33.2 Å². The summed E-state index contributed by atoms with van der Waals surface area (Å²) in [6.45, 7) is 6.61. The maximum absolute atomic E-state index is 11.2. The molecule has 0 aromatic carbocycles. The molecule has 6 N–H and O–H groups in total. The Hall–Kier alpha value is -1.66. The smallest absolute Gasteiger partial charge is 0.253 e. The van der Waals surface area contributed by atoms with Crippen LogP contribution in [0.2, 0.25) is 0 Å². The lowest BCUT2D eigenvalue weighted by molar-refractivity contribution is -0.180. The molecule has 2 unspecified atom stereocenters. The van der Waals surface area contributed by atoms with Crippen molar-refractivity contribution >= 4 is 11.8 Å². The van der Waals surface area contributed by atoms with Gasteiger partial charge in [-0.1, -0.05) is 12.2 Å². The highest BCUT2D eigenvalue weighted by Crippen LogP contribution is 2.29. The number of primary amides is 2. The number of aliphatic hydroxyl groups is 2. The first-order valence-corrected chi connectivity index (χ1v) is 4.52. The molecule has 0 aliphatic carbocycles. The van der Waals surface area contributed by atoms with Gasteiger partial charge in [0.1, 0.15) is 0 Å². The zero-order chi connectivity index (χ0) is 13.0. The van der Waals surface area contributed by atoms with Crippen molar-refractivity contribution in [2.45, 2.75) is 24.0 Å². The fourth-order valence-corrected chi connectivity index (χ4v) is 1.36. The number of amides is 2. The maximum atomic E-state index is 11.2. The number of carbonyl (C=O) groups excluding carboxylic acids is 2. The summed E-state index contributed by atoms with van der Waals surface area (Å²) >= 11 is 0. The second-order valence-electron chi connectivity index (χ2n) is 3.43. The fourth-order valence-electron chi connectivity index (χ4n) is 1.36. The van der Waals surface area contributed by atoms with Crippen LogP contribution in [0, 0.1) is 0 Å². The van der Waals surface area contributed by atoms with E-state index < -0.39 is 35.9 Å². The van der Waals surface area contributed by atoms with Crippen molar-refractivity contribution in [1.82, 2.24) is 0 Å². The topological polar surface area (TPSA) is 127 Å². The monoisotopic (exact) mass is 228 g/mol. The molecule has 0 aliphatic rings. The van der Waals surface area contributed by atoms with Gasteiger partial charge in [0.05, 0.1) is 0 Å². The van der Waals surface area contributed by atoms with Crippen LogP contribution in [0.25, 0.3) is 0 Å². The predicted molar refractivity (Wildman–Crippen MR) is 57.9 cm³/mol. The summed E-state index contributed by atoms with van der Waals surface area (Å²) in [6, 6.07) is 0. The molecule has 0 aliphatic heterocycles. The Bertz CT molecular complexity index is 297. The lowest BCUT2D eigenvalue weighted by atomic mass is 9.76. The van der Waals surface area contributed by atoms with E-state index in [1.54, 1.807) is 0 Å². The van der Waals surface area contributed by atoms with Crippen LogP contribution in [-0.2, 0) is 9.59 Å². The molecule has 0 bridgehead atoms. The van der Waals surface area contributed by atoms with Gasteiger partial charge >= 0.3 is 0 Å². The summed E-state index contributed by atoms with van der Waals surface area (Å²) in [5, 5.41) is 19.9. The Morgan fingerprint density at radius 2 is 1.25 bits per heavy atom. The van der Waals surface area contributed by atoms with E-state index in [9.17, 15) is 19.8 Å². The molecular formula is C10H16N2O4. The Kier molecular flexibility index (Phi) is 4.40. The lowest BCUT2D eigenvalue weighted by Gasteiger charge is -2.37. The molecule has 0 radical (unpaired) electrons. The first-order chi connectivity index (χ1) is 7.26. The van der Waals surface area contributed by atoms with Gasteiger partial charge in [-0.3, -0.25) is 9.59 Å². The number of hydrogen-bond acceptors (Lipinski definition) is 4. The molecule has 0 rings (SSSR count). The normalized spacial score (nSPS) is 17.9. The van der Waals surface area contributed by atoms with Crippen LogP contribution in [0.15, 0.2) is 25.3 Å². The third-order valence-corrected chi connectivity index (χ3v) is 2.38. The Labute approximate surface area is 93.2 Å². The van der Waals surface area contributed by atoms with Gasteiger partial charge in [0.2, 0.25) is 0 Å². The average Bonchev–Trinajstić information content (AvgIpc) is 2.17. The van der Waals surface area contributed by atoms with E-state index in [4.69, 9.17) is 11.5 Å². The molecule has 0 heterocycles. The highest BCUT2D eigenvalue weighted by Gasteiger charge is 2.56. The molecule has 0 saturated heterocycles. The van der Waals surface area contributed by atoms with Gasteiger partial charge in [0.25, 0.3) is 11.8 Å². The highest BCUT2D eigenvalue weighted by atomic mass is 16.4. The fraction of sp³-hybridized carbons (Fsp3) is 0.400. The maximum Gasteiger partial charge on any atom is 0.253 e. The summed E-state index contributed by atoms with van der Waals surface area (Å²) in [7, 11) is 0. The predicted octanol–water partition coefficient (Wildman–Crippen LogP) is -1.43. The summed E-state index contributed by atoms with van der Waals surface area (Å²) in [4.78, 5) is 22.3. The first kappa shape index (κ1) is 14.3. The van der Waals surface area contributed by atoms with Crippen molar-refractivity contribution < 1.29 is 19.8 Å². The minimum Gasteiger partial charge on any atom is -0.377 e. The van der Waals surface area contributed by atoms with E-state index in [1.807, 2.05) is 0 Å². The number of hydrogen-bond donors (Lipinski definition) is 4. The molecule has 16 heavy (non-hydrogen) atoms. The molecule has 0 fully saturated rings. The van der Waals surface area contributed by atoms with E-state index in [-0.39, 0.29) is 0 Å². The van der Waals surface area contributed by atoms with Crippen molar-refractivity contribution in [3.8, 4) is 0 Å². The Morgan fingerprint density at radius 1 is 1.00 bits per heavy atom. The van der Waals surface area contributed by atoms with Gasteiger partial charge in [0, 0.05) is 12.8 Å². The minimum atomic E-state index is -2.49. The van der Waals surface area contributed by atoms with E-state index in [0.717, 1.165) is 12.2 Å². The van der Waals surface area contributed by atoms with Crippen LogP contribution in [0.4, 0.5) is 0 Å². The Balaban J connectivity index is 5.59. The van der Waals surface area contributed by atoms with Crippen LogP contribution in [0.1, 0.15) is 12.8 Å². The number of carbonyl (C=O) groups is 2. The number of rotatable bonds is 7. The zero-order valence-corrected chi connectivity index (χ0v) is 8.85. The van der Waals surface area contributed by atoms with Crippen molar-refractivity contribution in [1.29, 1.82) is 0 Å². The first-order valence-electron chi connectivity index (χ1n) is 4.52. The largest absolute Gasteiger partial charge is 0.377 e. The third kappa shape index (κ3) is 2.12. The third-order valence-electron chi connectivity index (χ3n) is 2.38. The molecule has 6 heteroatoms. The van der Waals surface area contributed by atoms with E-state index >= 15 is 0 Å². The summed E-state index contributed by atoms with van der Waals surface area (Å²) < 4.78 is 0. The van der Waals surface area contributed by atoms with Crippen molar-refractivity contribution in [3.63, 3.8) is 0 Å². The molecule has 90 valence electrons. The average molecular weight is 228 g/mol. The van der Waals surface area contributed by atoms with Crippen LogP contribution in [0.3, 0.4) is 0 Å². The summed E-state index contributed by atoms with van der Waals surface area (Å²) in [6.07, 6.45) is 1.52. The Morgan fingerprint density at radius 3 is 1.38 bits per heavy atom. The van der Waals surface area contributed by atoms with Gasteiger partial charge in [0.15, 0.2) is 11.2 Å². The minimum absolute atomic E-state index is 0.393. The molecule has 0 saturated carbocycles. The standard InChI is InChI=1S/C10H16N2O4/c1-3-5-9(15,7(11)13)10(16,6-4-2)8(12)14/h3-4,15-16H,1-2,5-6H2,(H2,11,13)(H2,12,14). The summed E-state index contributed by atoms with van der Waals surface area (Å²) in [5.41, 5.74) is 4.96. The van der Waals surface area contributed by atoms with E-state index in [0.29, 0.717) is 0 Å². The molecule has 0 aromatic heterocycles. The zero-order valence-electron chi connectivity index (χ0n) is 8.85. The molecular weight excluding hydrogens is 212 g/mol. The molecule has 0 spiro atoms. The molecule has 2 atom stereocenters. The second-order valence-corrected chi connectivity index (χ2v) is 3.43. The summed E-state index contributed by atoms with van der Waals surface area (Å²) in [5.74, 6) is -2.51. The quantitative estimate of drug-likeness (QED) is 0.398. The SMILES string of the molecule is C=CCC(O)(C(N)=O)C(O)(CC=C)C(N)=O. The van der Waals surface area contributed by atoms with Crippen LogP contribution in [0.5, 0.6) is 0 Å². The van der Waals surface area contributed by atoms with Crippen molar-refractivity contribution in [2.75, 3.05) is 0 Å². The van der Waals surface area contributed by atoms with Gasteiger partial charge in [-0.25, -0.2) is 0 Å². The van der Waals surface area contributed by atoms with E-state index in [1.165, 1.54) is 0 Å². The number of nitrogens with two attached hydrogens (primary N) is 2. The van der Waals surface area contributed by atoms with Gasteiger partial charge in [-0.05, 0) is 0 Å². The van der Waals surface area contributed by atoms with Gasteiger partial charge in [-0.15, -0.1) is 13.2 Å².